The molecule has 1 saturated heterocycles. The molecule has 6 heteroatoms. The molecule has 2 aromatic rings. The molecule has 134 valence electrons. The molecule has 2 N–H and O–H groups in total. The normalized spacial score (nSPS) is 21.1. The molecule has 2 amide bonds. The third kappa shape index (κ3) is 3.85. The second-order valence-electron chi connectivity index (χ2n) is 6.78. The summed E-state index contributed by atoms with van der Waals surface area (Å²) >= 11 is 0. The molecule has 25 heavy (non-hydrogen) atoms. The van der Waals surface area contributed by atoms with Gasteiger partial charge in [-0.05, 0) is 43.9 Å². The minimum absolute atomic E-state index is 0.0469. The Labute approximate surface area is 148 Å². The molecule has 3 rings (SSSR count). The molecule has 6 nitrogen and oxygen atoms in total. The fraction of sp³-hybridized carbons (Fsp3) is 0.474. The number of carbonyl (C=O) groups is 1. The monoisotopic (exact) mass is 342 g/mol. The van der Waals surface area contributed by atoms with Crippen molar-refractivity contribution < 1.29 is 9.53 Å². The van der Waals surface area contributed by atoms with E-state index in [0.29, 0.717) is 6.61 Å². The maximum atomic E-state index is 12.5. The molecule has 0 aliphatic carbocycles. The zero-order valence-corrected chi connectivity index (χ0v) is 15.2. The van der Waals surface area contributed by atoms with Crippen LogP contribution in [0.15, 0.2) is 30.6 Å². The Bertz CT molecular complexity index is 735. The van der Waals surface area contributed by atoms with Crippen molar-refractivity contribution in [3.05, 3.63) is 52.8 Å². The average Bonchev–Trinajstić information content (AvgIpc) is 3.15. The van der Waals surface area contributed by atoms with Gasteiger partial charge in [0, 0.05) is 25.4 Å². The predicted molar refractivity (Wildman–Crippen MR) is 96.3 cm³/mol. The first-order valence-electron chi connectivity index (χ1n) is 8.69. The SMILES string of the molecule is Cc1cccc(C)c1[C@H](C)NC(=O)N[C@H]1CCO[C@@H]1c1cnn(C)c1. The van der Waals surface area contributed by atoms with E-state index in [0.717, 1.165) is 12.0 Å². The van der Waals surface area contributed by atoms with E-state index in [-0.39, 0.29) is 24.2 Å². The van der Waals surface area contributed by atoms with Crippen LogP contribution in [0.2, 0.25) is 0 Å². The smallest absolute Gasteiger partial charge is 0.315 e. The van der Waals surface area contributed by atoms with Gasteiger partial charge in [-0.1, -0.05) is 18.2 Å². The van der Waals surface area contributed by atoms with E-state index in [1.54, 1.807) is 10.9 Å². The summed E-state index contributed by atoms with van der Waals surface area (Å²) in [6.07, 6.45) is 4.38. The molecule has 1 aliphatic heterocycles. The number of hydrogen-bond donors (Lipinski definition) is 2. The van der Waals surface area contributed by atoms with Crippen molar-refractivity contribution in [2.24, 2.45) is 7.05 Å². The Morgan fingerprint density at radius 2 is 2.08 bits per heavy atom. The number of nitrogens with zero attached hydrogens (tertiary/aromatic N) is 2. The van der Waals surface area contributed by atoms with Crippen LogP contribution in [0.25, 0.3) is 0 Å². The second-order valence-corrected chi connectivity index (χ2v) is 6.78. The van der Waals surface area contributed by atoms with Crippen LogP contribution >= 0.6 is 0 Å². The summed E-state index contributed by atoms with van der Waals surface area (Å²) in [4.78, 5) is 12.5. The fourth-order valence-electron chi connectivity index (χ4n) is 3.64. The maximum absolute atomic E-state index is 12.5. The lowest BCUT2D eigenvalue weighted by Crippen LogP contribution is -2.44. The number of ether oxygens (including phenoxy) is 1. The molecule has 1 aliphatic rings. The highest BCUT2D eigenvalue weighted by Crippen LogP contribution is 2.29. The first-order chi connectivity index (χ1) is 12.0. The Balaban J connectivity index is 1.64. The number of nitrogens with one attached hydrogen (secondary N) is 2. The lowest BCUT2D eigenvalue weighted by Gasteiger charge is -2.23. The quantitative estimate of drug-likeness (QED) is 0.898. The zero-order valence-electron chi connectivity index (χ0n) is 15.2. The van der Waals surface area contributed by atoms with Crippen LogP contribution in [-0.2, 0) is 11.8 Å². The number of rotatable bonds is 4. The maximum Gasteiger partial charge on any atom is 0.315 e. The largest absolute Gasteiger partial charge is 0.371 e. The van der Waals surface area contributed by atoms with Gasteiger partial charge in [0.05, 0.1) is 18.3 Å². The van der Waals surface area contributed by atoms with Crippen molar-refractivity contribution in [2.75, 3.05) is 6.61 Å². The number of urea groups is 1. The summed E-state index contributed by atoms with van der Waals surface area (Å²) in [5.74, 6) is 0. The molecule has 1 fully saturated rings. The van der Waals surface area contributed by atoms with Gasteiger partial charge in [-0.15, -0.1) is 0 Å². The summed E-state index contributed by atoms with van der Waals surface area (Å²) in [5.41, 5.74) is 4.53. The average molecular weight is 342 g/mol. The fourth-order valence-corrected chi connectivity index (χ4v) is 3.64. The van der Waals surface area contributed by atoms with Crippen LogP contribution < -0.4 is 10.6 Å². The van der Waals surface area contributed by atoms with Crippen LogP contribution in [0.5, 0.6) is 0 Å². The lowest BCUT2D eigenvalue weighted by atomic mass is 9.97. The van der Waals surface area contributed by atoms with E-state index >= 15 is 0 Å². The van der Waals surface area contributed by atoms with Gasteiger partial charge < -0.3 is 15.4 Å². The van der Waals surface area contributed by atoms with E-state index < -0.39 is 0 Å². The molecule has 0 saturated carbocycles. The minimum atomic E-state index is -0.167. The van der Waals surface area contributed by atoms with E-state index in [1.165, 1.54) is 16.7 Å². The molecule has 0 unspecified atom stereocenters. The standard InChI is InChI=1S/C19H26N4O2/c1-12-6-5-7-13(2)17(12)14(3)21-19(24)22-16-8-9-25-18(16)15-10-20-23(4)11-15/h5-7,10-11,14,16,18H,8-9H2,1-4H3,(H2,21,22,24)/t14-,16-,18+/m0/s1. The van der Waals surface area contributed by atoms with Crippen molar-refractivity contribution in [1.29, 1.82) is 0 Å². The van der Waals surface area contributed by atoms with Gasteiger partial charge in [-0.3, -0.25) is 4.68 Å². The van der Waals surface area contributed by atoms with E-state index in [1.807, 2.05) is 26.2 Å². The zero-order chi connectivity index (χ0) is 18.0. The van der Waals surface area contributed by atoms with E-state index in [4.69, 9.17) is 4.74 Å². The minimum Gasteiger partial charge on any atom is -0.371 e. The highest BCUT2D eigenvalue weighted by atomic mass is 16.5. The van der Waals surface area contributed by atoms with Crippen LogP contribution in [0.1, 0.15) is 47.7 Å². The molecular weight excluding hydrogens is 316 g/mol. The van der Waals surface area contributed by atoms with Gasteiger partial charge in [0.15, 0.2) is 0 Å². The summed E-state index contributed by atoms with van der Waals surface area (Å²) < 4.78 is 7.55. The predicted octanol–water partition coefficient (Wildman–Crippen LogP) is 2.93. The highest BCUT2D eigenvalue weighted by Gasteiger charge is 2.32. The Hall–Kier alpha value is -2.34. The van der Waals surface area contributed by atoms with Crippen molar-refractivity contribution in [1.82, 2.24) is 20.4 Å². The molecule has 2 heterocycles. The number of carbonyl (C=O) groups excluding carboxylic acids is 1. The molecular formula is C19H26N4O2. The number of hydrogen-bond acceptors (Lipinski definition) is 3. The second kappa shape index (κ2) is 7.27. The van der Waals surface area contributed by atoms with Crippen LogP contribution in [0.4, 0.5) is 4.79 Å². The van der Waals surface area contributed by atoms with Gasteiger partial charge in [0.2, 0.25) is 0 Å². The van der Waals surface area contributed by atoms with Gasteiger partial charge in [-0.2, -0.15) is 5.10 Å². The molecule has 0 bridgehead atoms. The van der Waals surface area contributed by atoms with Gasteiger partial charge in [0.1, 0.15) is 6.10 Å². The number of aryl methyl sites for hydroxylation is 3. The topological polar surface area (TPSA) is 68.2 Å². The summed E-state index contributed by atoms with van der Waals surface area (Å²) in [6, 6.07) is 5.91. The number of benzene rings is 1. The molecule has 0 radical (unpaired) electrons. The lowest BCUT2D eigenvalue weighted by molar-refractivity contribution is 0.0998. The first-order valence-corrected chi connectivity index (χ1v) is 8.69. The summed E-state index contributed by atoms with van der Waals surface area (Å²) in [7, 11) is 1.87. The van der Waals surface area contributed by atoms with Crippen molar-refractivity contribution in [3.63, 3.8) is 0 Å². The third-order valence-electron chi connectivity index (χ3n) is 4.78. The van der Waals surface area contributed by atoms with E-state index in [9.17, 15) is 4.79 Å². The van der Waals surface area contributed by atoms with Crippen molar-refractivity contribution in [2.45, 2.75) is 45.4 Å². The third-order valence-corrected chi connectivity index (χ3v) is 4.78. The first kappa shape index (κ1) is 17.5. The molecule has 3 atom stereocenters. The molecule has 1 aromatic carbocycles. The number of aromatic nitrogens is 2. The van der Waals surface area contributed by atoms with Crippen LogP contribution in [-0.4, -0.2) is 28.5 Å². The Kier molecular flexibility index (Phi) is 5.08. The highest BCUT2D eigenvalue weighted by molar-refractivity contribution is 5.75. The molecule has 0 spiro atoms. The van der Waals surface area contributed by atoms with Crippen LogP contribution in [0.3, 0.4) is 0 Å². The summed E-state index contributed by atoms with van der Waals surface area (Å²) in [5, 5.41) is 10.3. The van der Waals surface area contributed by atoms with Crippen molar-refractivity contribution in [3.8, 4) is 0 Å². The Morgan fingerprint density at radius 1 is 1.36 bits per heavy atom. The van der Waals surface area contributed by atoms with Gasteiger partial charge in [-0.25, -0.2) is 4.79 Å². The number of amides is 2. The van der Waals surface area contributed by atoms with Crippen LogP contribution in [0, 0.1) is 13.8 Å². The van der Waals surface area contributed by atoms with Gasteiger partial charge >= 0.3 is 6.03 Å². The summed E-state index contributed by atoms with van der Waals surface area (Å²) in [6.45, 7) is 6.79. The van der Waals surface area contributed by atoms with Crippen molar-refractivity contribution >= 4 is 6.03 Å². The van der Waals surface area contributed by atoms with E-state index in [2.05, 4.69) is 41.7 Å². The molecule has 1 aromatic heterocycles. The van der Waals surface area contributed by atoms with Gasteiger partial charge in [0.25, 0.3) is 0 Å². The Morgan fingerprint density at radius 3 is 2.72 bits per heavy atom.